The van der Waals surface area contributed by atoms with Crippen LogP contribution >= 0.6 is 0 Å². The Balaban J connectivity index is 0.796. The van der Waals surface area contributed by atoms with Crippen molar-refractivity contribution in [3.05, 3.63) is 242 Å². The van der Waals surface area contributed by atoms with Crippen molar-refractivity contribution in [3.8, 4) is 101 Å². The lowest BCUT2D eigenvalue weighted by atomic mass is 9.28. The van der Waals surface area contributed by atoms with Crippen molar-refractivity contribution >= 4 is 22.1 Å². The van der Waals surface area contributed by atoms with E-state index in [-0.39, 0.29) is 0 Å². The molecule has 16 rings (SSSR count). The number of pyridine rings is 4. The zero-order valence-corrected chi connectivity index (χ0v) is 42.0. The first kappa shape index (κ1) is 43.4. The van der Waals surface area contributed by atoms with Gasteiger partial charge < -0.3 is 4.42 Å². The molecule has 76 heavy (non-hydrogen) atoms. The smallest absolute Gasteiger partial charge is 0.227 e. The van der Waals surface area contributed by atoms with E-state index in [1.54, 1.807) is 11.1 Å². The van der Waals surface area contributed by atoms with Gasteiger partial charge in [0.2, 0.25) is 5.71 Å². The highest BCUT2D eigenvalue weighted by molar-refractivity contribution is 6.08. The molecule has 0 amide bonds. The fraction of sp³-hybridized carbons (Fsp3) is 0.127. The molecular formula is C71H50N4O. The van der Waals surface area contributed by atoms with Gasteiger partial charge >= 0.3 is 0 Å². The van der Waals surface area contributed by atoms with E-state index < -0.39 is 0 Å². The van der Waals surface area contributed by atoms with Crippen molar-refractivity contribution in [1.29, 1.82) is 0 Å². The predicted octanol–water partition coefficient (Wildman–Crippen LogP) is 18.1. The van der Waals surface area contributed by atoms with Gasteiger partial charge in [-0.05, 0) is 177 Å². The molecule has 0 saturated heterocycles. The minimum atomic E-state index is 0.628. The van der Waals surface area contributed by atoms with Crippen molar-refractivity contribution in [2.45, 2.75) is 38.0 Å². The second-order valence-corrected chi connectivity index (χ2v) is 21.7. The van der Waals surface area contributed by atoms with Gasteiger partial charge in [0.25, 0.3) is 0 Å². The Morgan fingerprint density at radius 3 is 1.39 bits per heavy atom. The summed E-state index contributed by atoms with van der Waals surface area (Å²) >= 11 is 0. The summed E-state index contributed by atoms with van der Waals surface area (Å²) in [6.07, 6.45) is 10.3. The van der Waals surface area contributed by atoms with Crippen molar-refractivity contribution in [3.63, 3.8) is 0 Å². The number of para-hydroxylation sites is 1. The van der Waals surface area contributed by atoms with Gasteiger partial charge in [0.15, 0.2) is 0 Å². The molecule has 7 aromatic carbocycles. The van der Waals surface area contributed by atoms with E-state index in [0.29, 0.717) is 11.1 Å². The van der Waals surface area contributed by atoms with E-state index in [4.69, 9.17) is 19.4 Å². The number of hydrogen-bond donors (Lipinski definition) is 0. The van der Waals surface area contributed by atoms with E-state index in [1.165, 1.54) is 24.8 Å². The molecule has 4 aliphatic rings. The fourth-order valence-electron chi connectivity index (χ4n) is 14.5. The highest BCUT2D eigenvalue weighted by Gasteiger charge is 2.78. The SMILES string of the molecule is Cc1ccc2c(n1)oc1c(-c3ccc(-c4ccccc4-c4cc(-c5ccccc5-c5ccc(-c6ccccc6)nc5)cc(-c5ccccc5-c5ccc(-c6ccc7c(c6)C6CC8CC9CC7C986)nc5)c4)cn3)cccc12. The van der Waals surface area contributed by atoms with Crippen LogP contribution < -0.4 is 0 Å². The molecular weight excluding hydrogens is 925 g/mol. The first-order valence-corrected chi connectivity index (χ1v) is 26.8. The fourth-order valence-corrected chi connectivity index (χ4v) is 14.5. The number of rotatable bonds is 9. The monoisotopic (exact) mass is 974 g/mol. The summed E-state index contributed by atoms with van der Waals surface area (Å²) in [5, 5.41) is 2.04. The largest absolute Gasteiger partial charge is 0.437 e. The highest BCUT2D eigenvalue weighted by Crippen LogP contribution is 2.87. The second kappa shape index (κ2) is 16.7. The van der Waals surface area contributed by atoms with Gasteiger partial charge in [-0.3, -0.25) is 15.0 Å². The molecule has 360 valence electrons. The standard InChI is InChI=1S/C71H50N4O/c1-42-22-27-61-60-20-11-21-62(69(60)76-70(61)75-42)68-31-26-47(41-74-68)55-16-7-10-19-58(55)50-33-48(56-17-8-5-14-53(56)45-24-29-66(72-39-45)43-12-3-2-4-13-43)32-49(34-50)57-18-9-6-15-54(57)46-25-30-67(73-40-46)44-23-28-59-63(35-44)65-38-52-36-51-37-64(59)71(51,52)65/h2-35,39-41,51-52,64-65H,36-38H2,1H3. The average molecular weight is 975 g/mol. The van der Waals surface area contributed by atoms with Crippen molar-refractivity contribution in [2.24, 2.45) is 17.3 Å². The van der Waals surface area contributed by atoms with Crippen LogP contribution in [0, 0.1) is 24.2 Å². The number of benzene rings is 7. The van der Waals surface area contributed by atoms with Crippen LogP contribution in [-0.4, -0.2) is 19.9 Å². The van der Waals surface area contributed by atoms with Crippen LogP contribution in [0.2, 0.25) is 0 Å². The Hall–Kier alpha value is -9.06. The molecule has 5 atom stereocenters. The molecule has 5 unspecified atom stereocenters. The van der Waals surface area contributed by atoms with E-state index in [2.05, 4.69) is 205 Å². The molecule has 0 N–H and O–H groups in total. The van der Waals surface area contributed by atoms with Gasteiger partial charge in [-0.15, -0.1) is 0 Å². The summed E-state index contributed by atoms with van der Waals surface area (Å²) in [5.41, 5.74) is 25.6. The lowest BCUT2D eigenvalue weighted by Gasteiger charge is -2.76. The molecule has 1 spiro atoms. The normalized spacial score (nSPS) is 19.5. The zero-order chi connectivity index (χ0) is 50.1. The maximum Gasteiger partial charge on any atom is 0.227 e. The Labute approximate surface area is 441 Å². The van der Waals surface area contributed by atoms with Gasteiger partial charge in [-0.2, -0.15) is 0 Å². The van der Waals surface area contributed by atoms with Crippen LogP contribution in [0.3, 0.4) is 0 Å². The highest BCUT2D eigenvalue weighted by atomic mass is 16.3. The number of hydrogen-bond acceptors (Lipinski definition) is 5. The third-order valence-corrected chi connectivity index (χ3v) is 18.1. The maximum absolute atomic E-state index is 6.40. The lowest BCUT2D eigenvalue weighted by molar-refractivity contribution is -0.240. The summed E-state index contributed by atoms with van der Waals surface area (Å²) in [4.78, 5) is 20.0. The molecule has 3 saturated carbocycles. The van der Waals surface area contributed by atoms with Crippen LogP contribution in [0.4, 0.5) is 0 Å². The Kier molecular flexibility index (Phi) is 9.54. The third kappa shape index (κ3) is 6.51. The second-order valence-electron chi connectivity index (χ2n) is 21.7. The van der Waals surface area contributed by atoms with Crippen LogP contribution in [0.25, 0.3) is 123 Å². The van der Waals surface area contributed by atoms with Crippen LogP contribution in [-0.2, 0) is 0 Å². The van der Waals surface area contributed by atoms with E-state index in [9.17, 15) is 0 Å². The molecule has 12 aromatic rings. The summed E-state index contributed by atoms with van der Waals surface area (Å²) in [5.74, 6) is 3.52. The molecule has 0 bridgehead atoms. The number of aromatic nitrogens is 4. The van der Waals surface area contributed by atoms with Gasteiger partial charge in [0.05, 0.1) is 17.1 Å². The quantitative estimate of drug-likeness (QED) is 0.144. The van der Waals surface area contributed by atoms with Crippen molar-refractivity contribution < 1.29 is 4.42 Å². The molecule has 5 aromatic heterocycles. The number of furan rings is 1. The molecule has 0 radical (unpaired) electrons. The molecule has 3 fully saturated rings. The summed E-state index contributed by atoms with van der Waals surface area (Å²) in [6, 6.07) is 74.4. The van der Waals surface area contributed by atoms with Crippen LogP contribution in [0.1, 0.15) is 47.9 Å². The van der Waals surface area contributed by atoms with E-state index >= 15 is 0 Å². The number of nitrogens with zero attached hydrogens (tertiary/aromatic N) is 4. The van der Waals surface area contributed by atoms with E-state index in [0.717, 1.165) is 141 Å². The van der Waals surface area contributed by atoms with Crippen LogP contribution in [0.15, 0.2) is 229 Å². The predicted molar refractivity (Wildman–Crippen MR) is 307 cm³/mol. The van der Waals surface area contributed by atoms with Gasteiger partial charge in [0.1, 0.15) is 5.58 Å². The van der Waals surface area contributed by atoms with Gasteiger partial charge in [-0.1, -0.05) is 146 Å². The Morgan fingerprint density at radius 2 is 0.855 bits per heavy atom. The van der Waals surface area contributed by atoms with Crippen molar-refractivity contribution in [1.82, 2.24) is 19.9 Å². The Morgan fingerprint density at radius 1 is 0.368 bits per heavy atom. The maximum atomic E-state index is 6.40. The molecule has 0 aliphatic heterocycles. The molecule has 5 heterocycles. The number of fused-ring (bicyclic) bond motifs is 6. The van der Waals surface area contributed by atoms with Gasteiger partial charge in [0, 0.05) is 68.4 Å². The first-order chi connectivity index (χ1) is 37.5. The van der Waals surface area contributed by atoms with E-state index in [1.807, 2.05) is 31.5 Å². The molecule has 5 nitrogen and oxygen atoms in total. The van der Waals surface area contributed by atoms with Gasteiger partial charge in [-0.25, -0.2) is 4.98 Å². The minimum Gasteiger partial charge on any atom is -0.437 e. The average Bonchev–Trinajstić information content (AvgIpc) is 4.00. The first-order valence-electron chi connectivity index (χ1n) is 26.8. The minimum absolute atomic E-state index is 0.628. The topological polar surface area (TPSA) is 64.7 Å². The van der Waals surface area contributed by atoms with Crippen LogP contribution in [0.5, 0.6) is 0 Å². The number of aryl methyl sites for hydroxylation is 1. The molecule has 4 aliphatic carbocycles. The molecule has 5 heteroatoms. The lowest BCUT2D eigenvalue weighted by Crippen LogP contribution is -2.68. The van der Waals surface area contributed by atoms with Crippen molar-refractivity contribution in [2.75, 3.05) is 0 Å². The zero-order valence-electron chi connectivity index (χ0n) is 42.0. The summed E-state index contributed by atoms with van der Waals surface area (Å²) in [6.45, 7) is 1.99. The Bertz CT molecular complexity index is 4290. The summed E-state index contributed by atoms with van der Waals surface area (Å²) in [7, 11) is 0. The summed E-state index contributed by atoms with van der Waals surface area (Å²) < 4.78 is 6.40. The third-order valence-electron chi connectivity index (χ3n) is 18.1.